The van der Waals surface area contributed by atoms with Gasteiger partial charge in [-0.25, -0.2) is 0 Å². The van der Waals surface area contributed by atoms with E-state index in [0.29, 0.717) is 6.54 Å². The Morgan fingerprint density at radius 3 is 2.80 bits per heavy atom. The Labute approximate surface area is 90.5 Å². The lowest BCUT2D eigenvalue weighted by atomic mass is 10.1. The van der Waals surface area contributed by atoms with E-state index in [4.69, 9.17) is 10.2 Å². The monoisotopic (exact) mass is 206 g/mol. The Hall–Kier alpha value is -1.06. The first-order chi connectivity index (χ1) is 7.28. The Morgan fingerprint density at radius 2 is 2.20 bits per heavy atom. The summed E-state index contributed by atoms with van der Waals surface area (Å²) < 4.78 is 5.58. The fraction of sp³-hybridized carbons (Fsp3) is 0.500. The van der Waals surface area contributed by atoms with Gasteiger partial charge in [0.15, 0.2) is 0 Å². The van der Waals surface area contributed by atoms with Crippen molar-refractivity contribution < 1.29 is 4.42 Å². The zero-order valence-electron chi connectivity index (χ0n) is 9.20. The molecule has 0 spiro atoms. The van der Waals surface area contributed by atoms with Gasteiger partial charge in [-0.05, 0) is 25.5 Å². The summed E-state index contributed by atoms with van der Waals surface area (Å²) >= 11 is 0. The molecule has 0 atom stereocenters. The van der Waals surface area contributed by atoms with E-state index in [1.54, 1.807) is 0 Å². The molecule has 15 heavy (non-hydrogen) atoms. The number of rotatable bonds is 3. The van der Waals surface area contributed by atoms with Crippen molar-refractivity contribution in [2.24, 2.45) is 5.73 Å². The number of nitrogens with two attached hydrogens (primary N) is 1. The molecule has 0 aromatic carbocycles. The van der Waals surface area contributed by atoms with E-state index in [0.717, 1.165) is 31.2 Å². The molecule has 1 aliphatic rings. The van der Waals surface area contributed by atoms with Crippen molar-refractivity contribution in [2.75, 3.05) is 13.1 Å². The van der Waals surface area contributed by atoms with E-state index in [9.17, 15) is 0 Å². The first-order valence-corrected chi connectivity index (χ1v) is 5.43. The van der Waals surface area contributed by atoms with E-state index in [1.807, 2.05) is 12.1 Å². The zero-order valence-corrected chi connectivity index (χ0v) is 9.20. The maximum Gasteiger partial charge on any atom is 0.118 e. The van der Waals surface area contributed by atoms with Gasteiger partial charge in [-0.1, -0.05) is 11.6 Å². The molecule has 82 valence electrons. The predicted octanol–water partition coefficient (Wildman–Crippen LogP) is 1.89. The second-order valence-corrected chi connectivity index (χ2v) is 4.11. The van der Waals surface area contributed by atoms with Crippen LogP contribution in [0.3, 0.4) is 0 Å². The predicted molar refractivity (Wildman–Crippen MR) is 60.3 cm³/mol. The summed E-state index contributed by atoms with van der Waals surface area (Å²) in [6.07, 6.45) is 3.46. The van der Waals surface area contributed by atoms with Crippen molar-refractivity contribution in [1.29, 1.82) is 0 Å². The average molecular weight is 206 g/mol. The van der Waals surface area contributed by atoms with Gasteiger partial charge in [-0.15, -0.1) is 0 Å². The molecular weight excluding hydrogens is 188 g/mol. The summed E-state index contributed by atoms with van der Waals surface area (Å²) in [7, 11) is 0. The van der Waals surface area contributed by atoms with Crippen molar-refractivity contribution in [2.45, 2.75) is 26.4 Å². The van der Waals surface area contributed by atoms with Gasteiger partial charge < -0.3 is 10.2 Å². The van der Waals surface area contributed by atoms with Crippen molar-refractivity contribution in [3.8, 4) is 0 Å². The molecule has 0 saturated carbocycles. The Balaban J connectivity index is 1.92. The molecular formula is C12H18N2O. The van der Waals surface area contributed by atoms with Crippen LogP contribution in [-0.2, 0) is 13.1 Å². The van der Waals surface area contributed by atoms with Crippen LogP contribution >= 0.6 is 0 Å². The Morgan fingerprint density at radius 1 is 1.40 bits per heavy atom. The summed E-state index contributed by atoms with van der Waals surface area (Å²) in [4.78, 5) is 2.38. The molecule has 0 radical (unpaired) electrons. The minimum Gasteiger partial charge on any atom is -0.463 e. The van der Waals surface area contributed by atoms with Gasteiger partial charge in [-0.3, -0.25) is 4.90 Å². The number of hydrogen-bond donors (Lipinski definition) is 1. The summed E-state index contributed by atoms with van der Waals surface area (Å²) in [5, 5.41) is 0. The molecule has 0 unspecified atom stereocenters. The lowest BCUT2D eigenvalue weighted by Crippen LogP contribution is -2.27. The van der Waals surface area contributed by atoms with Crippen molar-refractivity contribution in [3.63, 3.8) is 0 Å². The van der Waals surface area contributed by atoms with Gasteiger partial charge in [0.1, 0.15) is 11.5 Å². The van der Waals surface area contributed by atoms with Gasteiger partial charge in [0.05, 0.1) is 13.1 Å². The topological polar surface area (TPSA) is 42.4 Å². The third-order valence-corrected chi connectivity index (χ3v) is 2.82. The molecule has 2 heterocycles. The molecule has 0 amide bonds. The maximum absolute atomic E-state index is 5.58. The van der Waals surface area contributed by atoms with Crippen LogP contribution in [0.25, 0.3) is 0 Å². The van der Waals surface area contributed by atoms with E-state index in [2.05, 4.69) is 17.9 Å². The van der Waals surface area contributed by atoms with Crippen LogP contribution in [0.4, 0.5) is 0 Å². The zero-order chi connectivity index (χ0) is 10.7. The van der Waals surface area contributed by atoms with Crippen LogP contribution in [0.1, 0.15) is 24.9 Å². The SMILES string of the molecule is CC1=CCN(Cc2ccc(CN)o2)CC1. The lowest BCUT2D eigenvalue weighted by molar-refractivity contribution is 0.258. The molecule has 2 N–H and O–H groups in total. The smallest absolute Gasteiger partial charge is 0.118 e. The normalized spacial score (nSPS) is 17.9. The van der Waals surface area contributed by atoms with Gasteiger partial charge in [-0.2, -0.15) is 0 Å². The van der Waals surface area contributed by atoms with Gasteiger partial charge in [0.25, 0.3) is 0 Å². The molecule has 3 heteroatoms. The lowest BCUT2D eigenvalue weighted by Gasteiger charge is -2.23. The third-order valence-electron chi connectivity index (χ3n) is 2.82. The highest BCUT2D eigenvalue weighted by Gasteiger charge is 2.11. The Kier molecular flexibility index (Phi) is 3.23. The Bertz CT molecular complexity index is 354. The summed E-state index contributed by atoms with van der Waals surface area (Å²) in [5.74, 6) is 1.89. The minimum atomic E-state index is 0.485. The van der Waals surface area contributed by atoms with Gasteiger partial charge in [0.2, 0.25) is 0 Å². The quantitative estimate of drug-likeness (QED) is 0.768. The van der Waals surface area contributed by atoms with Crippen molar-refractivity contribution in [3.05, 3.63) is 35.3 Å². The highest BCUT2D eigenvalue weighted by Crippen LogP contribution is 2.14. The molecule has 1 aliphatic heterocycles. The van der Waals surface area contributed by atoms with E-state index >= 15 is 0 Å². The van der Waals surface area contributed by atoms with E-state index < -0.39 is 0 Å². The molecule has 2 rings (SSSR count). The van der Waals surface area contributed by atoms with Crippen LogP contribution in [0.2, 0.25) is 0 Å². The van der Waals surface area contributed by atoms with Crippen LogP contribution in [0.5, 0.6) is 0 Å². The van der Waals surface area contributed by atoms with Crippen LogP contribution in [-0.4, -0.2) is 18.0 Å². The number of hydrogen-bond acceptors (Lipinski definition) is 3. The molecule has 0 aliphatic carbocycles. The summed E-state index contributed by atoms with van der Waals surface area (Å²) in [5.41, 5.74) is 6.99. The van der Waals surface area contributed by atoms with Crippen LogP contribution in [0.15, 0.2) is 28.2 Å². The average Bonchev–Trinajstić information content (AvgIpc) is 2.69. The first kappa shape index (κ1) is 10.5. The van der Waals surface area contributed by atoms with Crippen molar-refractivity contribution >= 4 is 0 Å². The molecule has 3 nitrogen and oxygen atoms in total. The second kappa shape index (κ2) is 4.64. The van der Waals surface area contributed by atoms with Crippen molar-refractivity contribution in [1.82, 2.24) is 4.90 Å². The second-order valence-electron chi connectivity index (χ2n) is 4.11. The molecule has 0 saturated heterocycles. The fourth-order valence-corrected chi connectivity index (χ4v) is 1.79. The maximum atomic E-state index is 5.58. The largest absolute Gasteiger partial charge is 0.463 e. The molecule has 1 aromatic heterocycles. The highest BCUT2D eigenvalue weighted by atomic mass is 16.3. The van der Waals surface area contributed by atoms with Gasteiger partial charge >= 0.3 is 0 Å². The minimum absolute atomic E-state index is 0.485. The first-order valence-electron chi connectivity index (χ1n) is 5.43. The number of furan rings is 1. The molecule has 0 bridgehead atoms. The van der Waals surface area contributed by atoms with Crippen LogP contribution in [0, 0.1) is 0 Å². The standard InChI is InChI=1S/C12H18N2O/c1-10-4-6-14(7-5-10)9-12-3-2-11(8-13)15-12/h2-4H,5-9,13H2,1H3. The number of nitrogens with zero attached hydrogens (tertiary/aromatic N) is 1. The summed E-state index contributed by atoms with van der Waals surface area (Å²) in [6.45, 7) is 5.73. The van der Waals surface area contributed by atoms with E-state index in [1.165, 1.54) is 12.0 Å². The molecule has 0 fully saturated rings. The summed E-state index contributed by atoms with van der Waals surface area (Å²) in [6, 6.07) is 3.98. The van der Waals surface area contributed by atoms with E-state index in [-0.39, 0.29) is 0 Å². The van der Waals surface area contributed by atoms with Gasteiger partial charge in [0, 0.05) is 13.1 Å². The fourth-order valence-electron chi connectivity index (χ4n) is 1.79. The van der Waals surface area contributed by atoms with Crippen LogP contribution < -0.4 is 5.73 Å². The third kappa shape index (κ3) is 2.70. The molecule has 1 aromatic rings. The highest BCUT2D eigenvalue weighted by molar-refractivity contribution is 5.09.